The third kappa shape index (κ3) is 5.27. The van der Waals surface area contributed by atoms with Gasteiger partial charge in [0.1, 0.15) is 0 Å². The molecule has 1 fully saturated rings. The SMILES string of the molecule is CC(C)CC(O)CNC1CC(C)CCC1C(C)C. The van der Waals surface area contributed by atoms with Crippen LogP contribution in [0, 0.1) is 23.7 Å². The van der Waals surface area contributed by atoms with E-state index in [2.05, 4.69) is 39.9 Å². The zero-order chi connectivity index (χ0) is 13.7. The first-order valence-electron chi connectivity index (χ1n) is 7.81. The Balaban J connectivity index is 2.41. The van der Waals surface area contributed by atoms with E-state index >= 15 is 0 Å². The van der Waals surface area contributed by atoms with Gasteiger partial charge in [-0.05, 0) is 42.9 Å². The highest BCUT2D eigenvalue weighted by atomic mass is 16.3. The fourth-order valence-electron chi connectivity index (χ4n) is 3.35. The lowest BCUT2D eigenvalue weighted by molar-refractivity contribution is 0.116. The van der Waals surface area contributed by atoms with Crippen LogP contribution in [0.5, 0.6) is 0 Å². The van der Waals surface area contributed by atoms with Gasteiger partial charge in [0.15, 0.2) is 0 Å². The fourth-order valence-corrected chi connectivity index (χ4v) is 3.35. The van der Waals surface area contributed by atoms with E-state index in [1.54, 1.807) is 0 Å². The van der Waals surface area contributed by atoms with Crippen molar-refractivity contribution in [2.24, 2.45) is 23.7 Å². The van der Waals surface area contributed by atoms with Crippen LogP contribution in [-0.4, -0.2) is 23.8 Å². The van der Waals surface area contributed by atoms with Crippen LogP contribution in [0.1, 0.15) is 60.3 Å². The lowest BCUT2D eigenvalue weighted by Crippen LogP contribution is -2.45. The Bertz CT molecular complexity index is 227. The molecular formula is C16H33NO. The number of aliphatic hydroxyl groups excluding tert-OH is 1. The van der Waals surface area contributed by atoms with Gasteiger partial charge in [-0.1, -0.05) is 41.0 Å². The standard InChI is InChI=1S/C16H33NO/c1-11(2)8-14(18)10-17-16-9-13(5)6-7-15(16)12(3)4/h11-18H,6-10H2,1-5H3. The van der Waals surface area contributed by atoms with Gasteiger partial charge in [0.25, 0.3) is 0 Å². The fraction of sp³-hybridized carbons (Fsp3) is 1.00. The molecule has 108 valence electrons. The first-order valence-corrected chi connectivity index (χ1v) is 7.81. The summed E-state index contributed by atoms with van der Waals surface area (Å²) < 4.78 is 0. The van der Waals surface area contributed by atoms with Crippen molar-refractivity contribution in [1.29, 1.82) is 0 Å². The van der Waals surface area contributed by atoms with Crippen molar-refractivity contribution in [1.82, 2.24) is 5.32 Å². The van der Waals surface area contributed by atoms with Gasteiger partial charge in [-0.25, -0.2) is 0 Å². The number of hydrogen-bond donors (Lipinski definition) is 2. The maximum absolute atomic E-state index is 9.98. The monoisotopic (exact) mass is 255 g/mol. The molecule has 18 heavy (non-hydrogen) atoms. The zero-order valence-corrected chi connectivity index (χ0v) is 12.9. The van der Waals surface area contributed by atoms with Crippen LogP contribution in [-0.2, 0) is 0 Å². The molecule has 1 aliphatic rings. The highest BCUT2D eigenvalue weighted by Gasteiger charge is 2.30. The van der Waals surface area contributed by atoms with Gasteiger partial charge in [0, 0.05) is 12.6 Å². The van der Waals surface area contributed by atoms with E-state index in [1.807, 2.05) is 0 Å². The Morgan fingerprint density at radius 3 is 2.39 bits per heavy atom. The maximum atomic E-state index is 9.98. The molecule has 1 rings (SSSR count). The van der Waals surface area contributed by atoms with Crippen molar-refractivity contribution >= 4 is 0 Å². The molecule has 1 aliphatic carbocycles. The van der Waals surface area contributed by atoms with Gasteiger partial charge in [0.2, 0.25) is 0 Å². The van der Waals surface area contributed by atoms with Crippen LogP contribution in [0.15, 0.2) is 0 Å². The number of aliphatic hydroxyl groups is 1. The summed E-state index contributed by atoms with van der Waals surface area (Å²) in [6.07, 6.45) is 4.71. The molecule has 0 radical (unpaired) electrons. The summed E-state index contributed by atoms with van der Waals surface area (Å²) in [6.45, 7) is 12.1. The minimum absolute atomic E-state index is 0.185. The normalized spacial score (nSPS) is 31.0. The minimum Gasteiger partial charge on any atom is -0.392 e. The zero-order valence-electron chi connectivity index (χ0n) is 12.9. The maximum Gasteiger partial charge on any atom is 0.0667 e. The largest absolute Gasteiger partial charge is 0.392 e. The van der Waals surface area contributed by atoms with Crippen molar-refractivity contribution in [3.63, 3.8) is 0 Å². The quantitative estimate of drug-likeness (QED) is 0.762. The molecule has 0 amide bonds. The van der Waals surface area contributed by atoms with Gasteiger partial charge >= 0.3 is 0 Å². The highest BCUT2D eigenvalue weighted by molar-refractivity contribution is 4.86. The second-order valence-corrected chi connectivity index (χ2v) is 7.12. The van der Waals surface area contributed by atoms with Crippen LogP contribution in [0.2, 0.25) is 0 Å². The second kappa shape index (κ2) is 7.49. The summed E-state index contributed by atoms with van der Waals surface area (Å²) in [5, 5.41) is 13.6. The predicted molar refractivity (Wildman–Crippen MR) is 78.6 cm³/mol. The van der Waals surface area contributed by atoms with Gasteiger partial charge < -0.3 is 10.4 Å². The summed E-state index contributed by atoms with van der Waals surface area (Å²) in [4.78, 5) is 0. The molecule has 0 saturated heterocycles. The van der Waals surface area contributed by atoms with E-state index < -0.39 is 0 Å². The summed E-state index contributed by atoms with van der Waals surface area (Å²) >= 11 is 0. The summed E-state index contributed by atoms with van der Waals surface area (Å²) in [5.74, 6) is 2.94. The minimum atomic E-state index is -0.185. The molecule has 0 aromatic rings. The van der Waals surface area contributed by atoms with Crippen molar-refractivity contribution in [3.05, 3.63) is 0 Å². The van der Waals surface area contributed by atoms with Crippen molar-refractivity contribution in [2.45, 2.75) is 72.4 Å². The van der Waals surface area contributed by atoms with Crippen LogP contribution >= 0.6 is 0 Å². The Hall–Kier alpha value is -0.0800. The molecule has 0 spiro atoms. The van der Waals surface area contributed by atoms with Crippen molar-refractivity contribution in [3.8, 4) is 0 Å². The molecule has 2 heteroatoms. The van der Waals surface area contributed by atoms with Crippen LogP contribution in [0.3, 0.4) is 0 Å². The van der Waals surface area contributed by atoms with Gasteiger partial charge in [-0.15, -0.1) is 0 Å². The molecule has 4 atom stereocenters. The smallest absolute Gasteiger partial charge is 0.0667 e. The predicted octanol–water partition coefficient (Wildman–Crippen LogP) is 3.44. The average Bonchev–Trinajstić information content (AvgIpc) is 2.25. The van der Waals surface area contributed by atoms with Crippen LogP contribution in [0.25, 0.3) is 0 Å². The molecule has 2 N–H and O–H groups in total. The van der Waals surface area contributed by atoms with Gasteiger partial charge in [0.05, 0.1) is 6.10 Å². The molecule has 1 saturated carbocycles. The Labute approximate surface area is 114 Å². The Morgan fingerprint density at radius 2 is 1.83 bits per heavy atom. The van der Waals surface area contributed by atoms with E-state index in [0.29, 0.717) is 12.0 Å². The summed E-state index contributed by atoms with van der Waals surface area (Å²) in [5.41, 5.74) is 0. The number of nitrogens with one attached hydrogen (secondary N) is 1. The first-order chi connectivity index (χ1) is 8.40. The molecule has 0 bridgehead atoms. The molecule has 0 aliphatic heterocycles. The van der Waals surface area contributed by atoms with Crippen LogP contribution in [0.4, 0.5) is 0 Å². The van der Waals surface area contributed by atoms with Crippen LogP contribution < -0.4 is 5.32 Å². The molecular weight excluding hydrogens is 222 g/mol. The molecule has 0 aromatic carbocycles. The second-order valence-electron chi connectivity index (χ2n) is 7.12. The van der Waals surface area contributed by atoms with E-state index in [-0.39, 0.29) is 6.10 Å². The lowest BCUT2D eigenvalue weighted by Gasteiger charge is -2.38. The Morgan fingerprint density at radius 1 is 1.17 bits per heavy atom. The van der Waals surface area contributed by atoms with E-state index in [9.17, 15) is 5.11 Å². The van der Waals surface area contributed by atoms with Gasteiger partial charge in [-0.3, -0.25) is 0 Å². The summed E-state index contributed by atoms with van der Waals surface area (Å²) in [6, 6.07) is 0.607. The van der Waals surface area contributed by atoms with E-state index in [4.69, 9.17) is 0 Å². The third-order valence-corrected chi connectivity index (χ3v) is 4.38. The molecule has 0 aromatic heterocycles. The average molecular weight is 255 g/mol. The highest BCUT2D eigenvalue weighted by Crippen LogP contribution is 2.33. The van der Waals surface area contributed by atoms with Crippen molar-refractivity contribution < 1.29 is 5.11 Å². The Kier molecular flexibility index (Phi) is 6.65. The summed E-state index contributed by atoms with van der Waals surface area (Å²) in [7, 11) is 0. The van der Waals surface area contributed by atoms with Crippen molar-refractivity contribution in [2.75, 3.05) is 6.54 Å². The lowest BCUT2D eigenvalue weighted by atomic mass is 9.74. The number of rotatable bonds is 6. The molecule has 4 unspecified atom stereocenters. The topological polar surface area (TPSA) is 32.3 Å². The third-order valence-electron chi connectivity index (χ3n) is 4.38. The van der Waals surface area contributed by atoms with Gasteiger partial charge in [-0.2, -0.15) is 0 Å². The number of hydrogen-bond acceptors (Lipinski definition) is 2. The van der Waals surface area contributed by atoms with E-state index in [0.717, 1.165) is 30.7 Å². The molecule has 0 heterocycles. The first kappa shape index (κ1) is 16.0. The molecule has 2 nitrogen and oxygen atoms in total. The van der Waals surface area contributed by atoms with E-state index in [1.165, 1.54) is 19.3 Å².